The summed E-state index contributed by atoms with van der Waals surface area (Å²) in [6.45, 7) is 3.67. The van der Waals surface area contributed by atoms with Crippen molar-refractivity contribution < 1.29 is 18.0 Å². The maximum atomic E-state index is 12.6. The maximum Gasteiger partial charge on any atom is 0.453 e. The Bertz CT molecular complexity index is 605. The molecular formula is C9H10F3N5OS. The van der Waals surface area contributed by atoms with Gasteiger partial charge in [-0.25, -0.2) is 0 Å². The van der Waals surface area contributed by atoms with Crippen molar-refractivity contribution in [3.63, 3.8) is 0 Å². The molecule has 1 atom stereocenters. The number of hydrogen-bond donors (Lipinski definition) is 1. The number of carbonyl (C=O) groups excluding carboxylic acids is 1. The highest BCUT2D eigenvalue weighted by atomic mass is 32.1. The summed E-state index contributed by atoms with van der Waals surface area (Å²) in [6, 6.07) is -0.0797. The number of alkyl halides is 3. The molecule has 0 aromatic carbocycles. The molecule has 0 saturated carbocycles. The van der Waals surface area contributed by atoms with E-state index in [1.54, 1.807) is 6.92 Å². The van der Waals surface area contributed by atoms with Crippen LogP contribution in [-0.4, -0.2) is 31.8 Å². The lowest BCUT2D eigenvalue weighted by Gasteiger charge is -2.08. The molecule has 0 spiro atoms. The van der Waals surface area contributed by atoms with Crippen LogP contribution in [-0.2, 0) is 6.18 Å². The Labute approximate surface area is 109 Å². The number of amides is 1. The number of halogens is 3. The molecule has 2 rings (SSSR count). The van der Waals surface area contributed by atoms with Crippen LogP contribution in [0.1, 0.15) is 35.9 Å². The lowest BCUT2D eigenvalue weighted by Crippen LogP contribution is -2.32. The molecule has 2 heterocycles. The summed E-state index contributed by atoms with van der Waals surface area (Å²) in [4.78, 5) is 11.7. The third-order valence-electron chi connectivity index (χ3n) is 2.43. The van der Waals surface area contributed by atoms with Crippen molar-refractivity contribution in [2.24, 2.45) is 0 Å². The van der Waals surface area contributed by atoms with Gasteiger partial charge in [0.25, 0.3) is 11.7 Å². The summed E-state index contributed by atoms with van der Waals surface area (Å²) < 4.78 is 38.2. The highest BCUT2D eigenvalue weighted by molar-refractivity contribution is 7.18. The second-order valence-corrected chi connectivity index (χ2v) is 4.86. The van der Waals surface area contributed by atoms with Crippen molar-refractivity contribution in [1.29, 1.82) is 0 Å². The zero-order valence-corrected chi connectivity index (χ0v) is 10.8. The Balaban J connectivity index is 2.32. The molecule has 10 heteroatoms. The van der Waals surface area contributed by atoms with Gasteiger partial charge in [-0.3, -0.25) is 4.79 Å². The zero-order valence-electron chi connectivity index (χ0n) is 10.0. The highest BCUT2D eigenvalue weighted by Crippen LogP contribution is 2.28. The first kappa shape index (κ1) is 13.7. The highest BCUT2D eigenvalue weighted by Gasteiger charge is 2.38. The van der Waals surface area contributed by atoms with E-state index < -0.39 is 17.9 Å². The monoisotopic (exact) mass is 293 g/mol. The molecule has 0 aliphatic carbocycles. The predicted octanol–water partition coefficient (Wildman–Crippen LogP) is 1.73. The predicted molar refractivity (Wildman–Crippen MR) is 60.9 cm³/mol. The molecule has 1 N–H and O–H groups in total. The molecule has 0 radical (unpaired) electrons. The van der Waals surface area contributed by atoms with Crippen molar-refractivity contribution in [2.75, 3.05) is 0 Å². The Morgan fingerprint density at radius 1 is 1.47 bits per heavy atom. The average Bonchev–Trinajstić information content (AvgIpc) is 2.85. The SMILES string of the molecule is CCC(C)NC(=O)c1nn2c(C(F)(F)F)nnc2s1. The minimum atomic E-state index is -4.65. The van der Waals surface area contributed by atoms with Gasteiger partial charge in [0.05, 0.1) is 0 Å². The molecule has 0 aliphatic rings. The topological polar surface area (TPSA) is 72.2 Å². The summed E-state index contributed by atoms with van der Waals surface area (Å²) in [6.07, 6.45) is -3.94. The first-order chi connectivity index (χ1) is 8.82. The van der Waals surface area contributed by atoms with Crippen LogP contribution in [0.15, 0.2) is 0 Å². The number of carbonyl (C=O) groups is 1. The van der Waals surface area contributed by atoms with Crippen LogP contribution >= 0.6 is 11.3 Å². The van der Waals surface area contributed by atoms with Crippen molar-refractivity contribution in [2.45, 2.75) is 32.5 Å². The van der Waals surface area contributed by atoms with Gasteiger partial charge in [-0.05, 0) is 13.3 Å². The second kappa shape index (κ2) is 4.76. The van der Waals surface area contributed by atoms with Gasteiger partial charge in [-0.1, -0.05) is 18.3 Å². The normalized spacial score (nSPS) is 13.7. The number of nitrogens with one attached hydrogen (secondary N) is 1. The van der Waals surface area contributed by atoms with Gasteiger partial charge in [0.2, 0.25) is 9.97 Å². The maximum absolute atomic E-state index is 12.6. The Morgan fingerprint density at radius 3 is 2.74 bits per heavy atom. The van der Waals surface area contributed by atoms with E-state index in [-0.39, 0.29) is 16.0 Å². The van der Waals surface area contributed by atoms with Crippen molar-refractivity contribution >= 4 is 22.2 Å². The molecule has 2 aromatic heterocycles. The number of fused-ring (bicyclic) bond motifs is 1. The minimum Gasteiger partial charge on any atom is -0.347 e. The van der Waals surface area contributed by atoms with Gasteiger partial charge in [0.15, 0.2) is 0 Å². The lowest BCUT2D eigenvalue weighted by atomic mass is 10.2. The van der Waals surface area contributed by atoms with Gasteiger partial charge in [-0.2, -0.15) is 17.7 Å². The molecular weight excluding hydrogens is 283 g/mol. The van der Waals surface area contributed by atoms with Gasteiger partial charge >= 0.3 is 6.18 Å². The summed E-state index contributed by atoms with van der Waals surface area (Å²) in [5.41, 5.74) is 0. The van der Waals surface area contributed by atoms with E-state index >= 15 is 0 Å². The fourth-order valence-corrected chi connectivity index (χ4v) is 2.02. The van der Waals surface area contributed by atoms with Crippen molar-refractivity contribution in [3.05, 3.63) is 10.8 Å². The second-order valence-electron chi connectivity index (χ2n) is 3.91. The number of nitrogens with zero attached hydrogens (tertiary/aromatic N) is 4. The van der Waals surface area contributed by atoms with Crippen LogP contribution in [0.5, 0.6) is 0 Å². The van der Waals surface area contributed by atoms with Crippen LogP contribution in [0.4, 0.5) is 13.2 Å². The standard InChI is InChI=1S/C9H10F3N5OS/c1-3-4(2)13-5(18)6-16-17-7(9(10,11)12)14-15-8(17)19-6/h4H,3H2,1-2H3,(H,13,18). The van der Waals surface area contributed by atoms with Crippen LogP contribution in [0.3, 0.4) is 0 Å². The molecule has 104 valence electrons. The smallest absolute Gasteiger partial charge is 0.347 e. The summed E-state index contributed by atoms with van der Waals surface area (Å²) in [7, 11) is 0. The molecule has 6 nitrogen and oxygen atoms in total. The Morgan fingerprint density at radius 2 is 2.16 bits per heavy atom. The Kier molecular flexibility index (Phi) is 3.43. The molecule has 0 bridgehead atoms. The van der Waals surface area contributed by atoms with Crippen LogP contribution in [0.25, 0.3) is 4.96 Å². The summed E-state index contributed by atoms with van der Waals surface area (Å²) >= 11 is 0.761. The van der Waals surface area contributed by atoms with Gasteiger partial charge in [0.1, 0.15) is 0 Å². The Hall–Kier alpha value is -1.71. The lowest BCUT2D eigenvalue weighted by molar-refractivity contribution is -0.146. The molecule has 1 unspecified atom stereocenters. The largest absolute Gasteiger partial charge is 0.453 e. The minimum absolute atomic E-state index is 0.0679. The average molecular weight is 293 g/mol. The van der Waals surface area contributed by atoms with Crippen molar-refractivity contribution in [3.8, 4) is 0 Å². The van der Waals surface area contributed by atoms with Gasteiger partial charge < -0.3 is 5.32 Å². The number of aromatic nitrogens is 4. The first-order valence-corrected chi connectivity index (χ1v) is 6.25. The third-order valence-corrected chi connectivity index (χ3v) is 3.33. The zero-order chi connectivity index (χ0) is 14.2. The summed E-state index contributed by atoms with van der Waals surface area (Å²) in [5, 5.41) is 12.5. The van der Waals surface area contributed by atoms with E-state index in [1.165, 1.54) is 0 Å². The number of rotatable bonds is 3. The first-order valence-electron chi connectivity index (χ1n) is 5.43. The molecule has 0 saturated heterocycles. The fourth-order valence-electron chi connectivity index (χ4n) is 1.27. The van der Waals surface area contributed by atoms with E-state index in [0.29, 0.717) is 10.9 Å². The van der Waals surface area contributed by atoms with Crippen LogP contribution in [0.2, 0.25) is 0 Å². The van der Waals surface area contributed by atoms with Gasteiger partial charge in [-0.15, -0.1) is 15.3 Å². The van der Waals surface area contributed by atoms with E-state index in [0.717, 1.165) is 11.3 Å². The van der Waals surface area contributed by atoms with E-state index in [1.807, 2.05) is 6.92 Å². The molecule has 1 amide bonds. The summed E-state index contributed by atoms with van der Waals surface area (Å²) in [5.74, 6) is -1.75. The molecule has 2 aromatic rings. The van der Waals surface area contributed by atoms with Crippen molar-refractivity contribution in [1.82, 2.24) is 25.1 Å². The van der Waals surface area contributed by atoms with E-state index in [9.17, 15) is 18.0 Å². The van der Waals surface area contributed by atoms with Crippen LogP contribution < -0.4 is 5.32 Å². The van der Waals surface area contributed by atoms with Crippen LogP contribution in [0, 0.1) is 0 Å². The quantitative estimate of drug-likeness (QED) is 0.935. The molecule has 0 aliphatic heterocycles. The van der Waals surface area contributed by atoms with E-state index in [4.69, 9.17) is 0 Å². The molecule has 19 heavy (non-hydrogen) atoms. The third kappa shape index (κ3) is 2.67. The van der Waals surface area contributed by atoms with Gasteiger partial charge in [0, 0.05) is 6.04 Å². The number of hydrogen-bond acceptors (Lipinski definition) is 5. The molecule has 0 fully saturated rings. The fraction of sp³-hybridized carbons (Fsp3) is 0.556. The van der Waals surface area contributed by atoms with E-state index in [2.05, 4.69) is 20.6 Å².